The summed E-state index contributed by atoms with van der Waals surface area (Å²) in [5.74, 6) is 0.717. The molecular formula is C13H13ClN2OS. The van der Waals surface area contributed by atoms with Gasteiger partial charge in [-0.15, -0.1) is 11.3 Å². The van der Waals surface area contributed by atoms with E-state index in [1.807, 2.05) is 0 Å². The van der Waals surface area contributed by atoms with Gasteiger partial charge in [0.05, 0.1) is 5.39 Å². The van der Waals surface area contributed by atoms with E-state index in [4.69, 9.17) is 11.6 Å². The van der Waals surface area contributed by atoms with Crippen molar-refractivity contribution in [3.63, 3.8) is 0 Å². The molecule has 1 aliphatic carbocycles. The van der Waals surface area contributed by atoms with Gasteiger partial charge in [-0.1, -0.05) is 11.6 Å². The third-order valence-electron chi connectivity index (χ3n) is 3.47. The number of carbonyl (C=O) groups excluding carboxylic acids is 1. The Balaban J connectivity index is 2.03. The maximum absolute atomic E-state index is 11.2. The number of nitrogens with zero attached hydrogens (tertiary/aromatic N) is 2. The second-order valence-electron chi connectivity index (χ2n) is 4.86. The SMILES string of the molecule is CC(=O)CC1CCc2sc3ncnc(Cl)c3c2C1. The van der Waals surface area contributed by atoms with Crippen LogP contribution in [0.1, 0.15) is 30.2 Å². The summed E-state index contributed by atoms with van der Waals surface area (Å²) in [5.41, 5.74) is 1.28. The van der Waals surface area contributed by atoms with Crippen molar-refractivity contribution < 1.29 is 4.79 Å². The van der Waals surface area contributed by atoms with Gasteiger partial charge in [0.2, 0.25) is 0 Å². The van der Waals surface area contributed by atoms with Crippen LogP contribution in [0.25, 0.3) is 10.2 Å². The van der Waals surface area contributed by atoms with Crippen LogP contribution in [0.4, 0.5) is 0 Å². The highest BCUT2D eigenvalue weighted by molar-refractivity contribution is 7.19. The highest BCUT2D eigenvalue weighted by atomic mass is 35.5. The van der Waals surface area contributed by atoms with E-state index in [9.17, 15) is 4.79 Å². The van der Waals surface area contributed by atoms with Crippen LogP contribution in [-0.2, 0) is 17.6 Å². The number of rotatable bonds is 2. The van der Waals surface area contributed by atoms with Gasteiger partial charge in [-0.25, -0.2) is 9.97 Å². The number of hydrogen-bond donors (Lipinski definition) is 0. The number of aryl methyl sites for hydroxylation is 1. The summed E-state index contributed by atoms with van der Waals surface area (Å²) in [6, 6.07) is 0. The van der Waals surface area contributed by atoms with E-state index < -0.39 is 0 Å². The number of hydrogen-bond acceptors (Lipinski definition) is 4. The third kappa shape index (κ3) is 2.04. The number of thiophene rings is 1. The molecule has 0 aromatic carbocycles. The Bertz CT molecular complexity index is 623. The minimum atomic E-state index is 0.269. The van der Waals surface area contributed by atoms with Crippen LogP contribution in [0, 0.1) is 5.92 Å². The fourth-order valence-corrected chi connectivity index (χ4v) is 4.21. The number of fused-ring (bicyclic) bond motifs is 3. The first-order valence-corrected chi connectivity index (χ1v) is 7.24. The Morgan fingerprint density at radius 3 is 3.17 bits per heavy atom. The van der Waals surface area contributed by atoms with E-state index in [-0.39, 0.29) is 5.78 Å². The molecular weight excluding hydrogens is 268 g/mol. The van der Waals surface area contributed by atoms with Crippen molar-refractivity contribution in [3.05, 3.63) is 21.9 Å². The summed E-state index contributed by atoms with van der Waals surface area (Å²) in [6.07, 6.45) is 5.23. The number of carbonyl (C=O) groups is 1. The number of aromatic nitrogens is 2. The predicted molar refractivity (Wildman–Crippen MR) is 73.2 cm³/mol. The van der Waals surface area contributed by atoms with Gasteiger partial charge < -0.3 is 4.79 Å². The van der Waals surface area contributed by atoms with Gasteiger partial charge in [0.25, 0.3) is 0 Å². The van der Waals surface area contributed by atoms with Gasteiger partial charge in [0, 0.05) is 11.3 Å². The molecule has 3 nitrogen and oxygen atoms in total. The first-order chi connectivity index (χ1) is 8.65. The number of halogens is 1. The van der Waals surface area contributed by atoms with E-state index in [0.29, 0.717) is 17.5 Å². The van der Waals surface area contributed by atoms with Gasteiger partial charge in [-0.05, 0) is 37.7 Å². The summed E-state index contributed by atoms with van der Waals surface area (Å²) in [6.45, 7) is 1.66. The summed E-state index contributed by atoms with van der Waals surface area (Å²) in [7, 11) is 0. The zero-order valence-corrected chi connectivity index (χ0v) is 11.6. The molecule has 1 aliphatic rings. The maximum atomic E-state index is 11.2. The second kappa shape index (κ2) is 4.59. The van der Waals surface area contributed by atoms with E-state index in [1.54, 1.807) is 18.3 Å². The average Bonchev–Trinajstić information content (AvgIpc) is 2.67. The third-order valence-corrected chi connectivity index (χ3v) is 4.96. The van der Waals surface area contributed by atoms with Gasteiger partial charge >= 0.3 is 0 Å². The smallest absolute Gasteiger partial charge is 0.141 e. The molecule has 2 aromatic rings. The zero-order valence-electron chi connectivity index (χ0n) is 10.1. The van der Waals surface area contributed by atoms with Crippen molar-refractivity contribution in [2.75, 3.05) is 0 Å². The molecule has 0 N–H and O–H groups in total. The molecule has 0 bridgehead atoms. The van der Waals surface area contributed by atoms with Crippen LogP contribution in [0.2, 0.25) is 5.15 Å². The lowest BCUT2D eigenvalue weighted by molar-refractivity contribution is -0.117. The molecule has 0 aliphatic heterocycles. The maximum Gasteiger partial charge on any atom is 0.141 e. The lowest BCUT2D eigenvalue weighted by Gasteiger charge is -2.21. The topological polar surface area (TPSA) is 42.9 Å². The van der Waals surface area contributed by atoms with Crippen LogP contribution >= 0.6 is 22.9 Å². The number of ketones is 1. The zero-order chi connectivity index (χ0) is 12.7. The molecule has 0 fully saturated rings. The van der Waals surface area contributed by atoms with Crippen LogP contribution < -0.4 is 0 Å². The summed E-state index contributed by atoms with van der Waals surface area (Å²) in [4.78, 5) is 21.9. The van der Waals surface area contributed by atoms with Crippen LogP contribution in [0.15, 0.2) is 6.33 Å². The van der Waals surface area contributed by atoms with Crippen molar-refractivity contribution in [3.8, 4) is 0 Å². The quantitative estimate of drug-likeness (QED) is 0.792. The normalized spacial score (nSPS) is 18.9. The average molecular weight is 281 g/mol. The molecule has 1 unspecified atom stereocenters. The molecule has 0 amide bonds. The summed E-state index contributed by atoms with van der Waals surface area (Å²) < 4.78 is 0. The largest absolute Gasteiger partial charge is 0.300 e. The Kier molecular flexibility index (Phi) is 3.08. The van der Waals surface area contributed by atoms with Gasteiger partial charge in [-0.2, -0.15) is 0 Å². The summed E-state index contributed by atoms with van der Waals surface area (Å²) in [5, 5.41) is 1.55. The second-order valence-corrected chi connectivity index (χ2v) is 6.31. The fourth-order valence-electron chi connectivity index (χ4n) is 2.72. The van der Waals surface area contributed by atoms with Gasteiger partial charge in [0.15, 0.2) is 0 Å². The fraction of sp³-hybridized carbons (Fsp3) is 0.462. The van der Waals surface area contributed by atoms with Crippen molar-refractivity contribution in [1.29, 1.82) is 0 Å². The first-order valence-electron chi connectivity index (χ1n) is 6.05. The molecule has 3 rings (SSSR count). The highest BCUT2D eigenvalue weighted by Gasteiger charge is 2.25. The highest BCUT2D eigenvalue weighted by Crippen LogP contribution is 2.40. The van der Waals surface area contributed by atoms with Gasteiger partial charge in [0.1, 0.15) is 22.1 Å². The van der Waals surface area contributed by atoms with Crippen LogP contribution in [0.3, 0.4) is 0 Å². The standard InChI is InChI=1S/C13H13ClN2OS/c1-7(17)4-8-2-3-10-9(5-8)11-12(14)15-6-16-13(11)18-10/h6,8H,2-5H2,1H3. The van der Waals surface area contributed by atoms with Crippen molar-refractivity contribution in [2.45, 2.75) is 32.6 Å². The molecule has 2 aromatic heterocycles. The van der Waals surface area contributed by atoms with Crippen LogP contribution in [-0.4, -0.2) is 15.8 Å². The van der Waals surface area contributed by atoms with Crippen molar-refractivity contribution >= 4 is 38.9 Å². The van der Waals surface area contributed by atoms with E-state index in [0.717, 1.165) is 29.5 Å². The minimum absolute atomic E-state index is 0.269. The molecule has 2 heterocycles. The Labute approximate surface area is 114 Å². The van der Waals surface area contributed by atoms with Gasteiger partial charge in [-0.3, -0.25) is 0 Å². The molecule has 94 valence electrons. The summed E-state index contributed by atoms with van der Waals surface area (Å²) >= 11 is 7.89. The van der Waals surface area contributed by atoms with Crippen LogP contribution in [0.5, 0.6) is 0 Å². The number of Topliss-reactive ketones (excluding diaryl/α,β-unsaturated/α-hetero) is 1. The van der Waals surface area contributed by atoms with Crippen molar-refractivity contribution in [1.82, 2.24) is 9.97 Å². The van der Waals surface area contributed by atoms with Crippen molar-refractivity contribution in [2.24, 2.45) is 5.92 Å². The first kappa shape index (κ1) is 12.1. The molecule has 1 atom stereocenters. The lowest BCUT2D eigenvalue weighted by Crippen LogP contribution is -2.15. The molecule has 18 heavy (non-hydrogen) atoms. The lowest BCUT2D eigenvalue weighted by atomic mass is 9.84. The molecule has 0 radical (unpaired) electrons. The Hall–Kier alpha value is -1.00. The minimum Gasteiger partial charge on any atom is -0.300 e. The molecule has 5 heteroatoms. The molecule has 0 saturated heterocycles. The van der Waals surface area contributed by atoms with E-state index >= 15 is 0 Å². The molecule has 0 saturated carbocycles. The predicted octanol–water partition coefficient (Wildman–Crippen LogP) is 3.43. The molecule has 0 spiro atoms. The Morgan fingerprint density at radius 1 is 1.56 bits per heavy atom. The van der Waals surface area contributed by atoms with E-state index in [2.05, 4.69) is 9.97 Å². The monoisotopic (exact) mass is 280 g/mol. The Morgan fingerprint density at radius 2 is 2.39 bits per heavy atom. The van der Waals surface area contributed by atoms with E-state index in [1.165, 1.54) is 16.8 Å².